The van der Waals surface area contributed by atoms with Crippen LogP contribution in [0.1, 0.15) is 94.2 Å². The Balaban J connectivity index is 1.10. The van der Waals surface area contributed by atoms with Gasteiger partial charge in [0.1, 0.15) is 6.04 Å². The fourth-order valence-electron chi connectivity index (χ4n) is 8.78. The lowest BCUT2D eigenvalue weighted by molar-refractivity contribution is -0.154. The third kappa shape index (κ3) is 10.7. The van der Waals surface area contributed by atoms with Gasteiger partial charge >= 0.3 is 24.3 Å². The molecule has 2 aromatic carbocycles. The Morgan fingerprint density at radius 3 is 2.34 bits per heavy atom. The van der Waals surface area contributed by atoms with Crippen molar-refractivity contribution in [3.05, 3.63) is 58.1 Å². The average molecular weight is 833 g/mol. The number of halogens is 4. The van der Waals surface area contributed by atoms with Gasteiger partial charge in [-0.15, -0.1) is 0 Å². The first kappa shape index (κ1) is 43.3. The van der Waals surface area contributed by atoms with Crippen molar-refractivity contribution in [1.29, 1.82) is 0 Å². The van der Waals surface area contributed by atoms with Gasteiger partial charge in [0, 0.05) is 56.9 Å². The van der Waals surface area contributed by atoms with Crippen LogP contribution in [0.15, 0.2) is 36.4 Å². The lowest BCUT2D eigenvalue weighted by atomic mass is 9.94. The zero-order valence-corrected chi connectivity index (χ0v) is 34.0. The van der Waals surface area contributed by atoms with Gasteiger partial charge in [-0.25, -0.2) is 9.59 Å². The van der Waals surface area contributed by atoms with E-state index in [1.54, 1.807) is 9.80 Å². The van der Waals surface area contributed by atoms with E-state index in [0.29, 0.717) is 64.8 Å². The molecule has 2 aromatic rings. The number of nitrogens with zero attached hydrogens (tertiary/aromatic N) is 4. The molecule has 0 saturated carbocycles. The van der Waals surface area contributed by atoms with Gasteiger partial charge in [0.2, 0.25) is 0 Å². The largest absolute Gasteiger partial charge is 0.465 e. The molecule has 0 bridgehead atoms. The number of likely N-dealkylation sites (tertiary alicyclic amines) is 3. The molecular weight excluding hydrogens is 777 g/mol. The van der Waals surface area contributed by atoms with Gasteiger partial charge in [-0.2, -0.15) is 13.2 Å². The van der Waals surface area contributed by atoms with E-state index in [1.165, 1.54) is 11.0 Å². The van der Waals surface area contributed by atoms with Crippen LogP contribution in [0.25, 0.3) is 0 Å². The van der Waals surface area contributed by atoms with E-state index in [2.05, 4.69) is 17.1 Å². The standard InChI is InChI=1S/C42H56ClF3N6O6/c1-2-3-4-9-24-57-39(54)35-12-7-8-18-51(35)30-14-19-49(20-15-30)38(53)36(27-28-25-32(42(44,45)46)37(47)33(43)26-28)58-41(56)50-21-16-31(17-22-50)52-23-13-29-10-5-6-11-34(29)48-40(52)55/h5-6,10-11,25-26,30-31,35-36H,2-4,7-9,12-24,27,47H2,1H3,(H,48,55)/t35-,36?/m0/s1. The molecule has 4 aliphatic rings. The van der Waals surface area contributed by atoms with Crippen LogP contribution in [0, 0.1) is 0 Å². The first-order chi connectivity index (χ1) is 27.8. The monoisotopic (exact) mass is 832 g/mol. The summed E-state index contributed by atoms with van der Waals surface area (Å²) in [7, 11) is 0. The Labute approximate surface area is 343 Å². The average Bonchev–Trinajstić information content (AvgIpc) is 3.39. The van der Waals surface area contributed by atoms with Gasteiger partial charge in [-0.3, -0.25) is 14.5 Å². The number of para-hydroxylation sites is 1. The predicted octanol–water partition coefficient (Wildman–Crippen LogP) is 7.51. The number of esters is 1. The van der Waals surface area contributed by atoms with Crippen LogP contribution in [0.4, 0.5) is 34.1 Å². The Morgan fingerprint density at radius 1 is 0.914 bits per heavy atom. The number of carbonyl (C=O) groups is 4. The van der Waals surface area contributed by atoms with Gasteiger partial charge in [0.25, 0.3) is 5.91 Å². The molecule has 12 nitrogen and oxygen atoms in total. The fraction of sp³-hybridized carbons (Fsp3) is 0.619. The lowest BCUT2D eigenvalue weighted by Gasteiger charge is -2.44. The number of alkyl halides is 3. The normalized spacial score (nSPS) is 20.5. The third-order valence-electron chi connectivity index (χ3n) is 12.0. The van der Waals surface area contributed by atoms with Crippen molar-refractivity contribution < 1.29 is 41.8 Å². The number of amides is 4. The minimum Gasteiger partial charge on any atom is -0.465 e. The van der Waals surface area contributed by atoms with Crippen LogP contribution in [0.2, 0.25) is 5.02 Å². The van der Waals surface area contributed by atoms with Crippen LogP contribution in [0.5, 0.6) is 0 Å². The number of anilines is 2. The summed E-state index contributed by atoms with van der Waals surface area (Å²) in [6, 6.07) is 9.15. The number of fused-ring (bicyclic) bond motifs is 1. The van der Waals surface area contributed by atoms with Crippen molar-refractivity contribution in [1.82, 2.24) is 19.6 Å². The zero-order valence-electron chi connectivity index (χ0n) is 33.2. The zero-order chi connectivity index (χ0) is 41.4. The summed E-state index contributed by atoms with van der Waals surface area (Å²) in [5, 5.41) is 2.67. The first-order valence-corrected chi connectivity index (χ1v) is 21.2. The number of carbonyl (C=O) groups excluding carboxylic acids is 4. The van der Waals surface area contributed by atoms with E-state index in [0.717, 1.165) is 62.4 Å². The molecule has 3 fully saturated rings. The highest BCUT2D eigenvalue weighted by Crippen LogP contribution is 2.38. The van der Waals surface area contributed by atoms with Crippen LogP contribution < -0.4 is 11.1 Å². The summed E-state index contributed by atoms with van der Waals surface area (Å²) in [6.07, 6.45) is 2.10. The number of nitrogen functional groups attached to an aromatic ring is 1. The number of rotatable bonds is 12. The smallest absolute Gasteiger partial charge is 0.418 e. The highest BCUT2D eigenvalue weighted by atomic mass is 35.5. The highest BCUT2D eigenvalue weighted by molar-refractivity contribution is 6.33. The van der Waals surface area contributed by atoms with Crippen LogP contribution >= 0.6 is 11.6 Å². The summed E-state index contributed by atoms with van der Waals surface area (Å²) in [5.74, 6) is -0.725. The summed E-state index contributed by atoms with van der Waals surface area (Å²) in [5.41, 5.74) is 5.81. The summed E-state index contributed by atoms with van der Waals surface area (Å²) in [4.78, 5) is 61.4. The molecule has 0 aliphatic carbocycles. The van der Waals surface area contributed by atoms with E-state index in [-0.39, 0.29) is 60.2 Å². The molecule has 3 N–H and O–H groups in total. The number of hydrogen-bond acceptors (Lipinski definition) is 8. The number of piperidine rings is 3. The Bertz CT molecular complexity index is 1770. The molecule has 318 valence electrons. The summed E-state index contributed by atoms with van der Waals surface area (Å²) < 4.78 is 53.4. The van der Waals surface area contributed by atoms with E-state index in [1.807, 2.05) is 24.3 Å². The maximum Gasteiger partial charge on any atom is 0.418 e. The molecule has 1 unspecified atom stereocenters. The van der Waals surface area contributed by atoms with Gasteiger partial charge < -0.3 is 35.2 Å². The minimum atomic E-state index is -4.80. The molecule has 4 aliphatic heterocycles. The quantitative estimate of drug-likeness (QED) is 0.127. The molecule has 0 aromatic heterocycles. The first-order valence-electron chi connectivity index (χ1n) is 20.8. The highest BCUT2D eigenvalue weighted by Gasteiger charge is 2.40. The molecular formula is C42H56ClF3N6O6. The van der Waals surface area contributed by atoms with E-state index >= 15 is 0 Å². The number of benzene rings is 2. The van der Waals surface area contributed by atoms with Crippen molar-refractivity contribution in [3.8, 4) is 0 Å². The van der Waals surface area contributed by atoms with Gasteiger partial charge in [0.15, 0.2) is 6.10 Å². The molecule has 16 heteroatoms. The predicted molar refractivity (Wildman–Crippen MR) is 214 cm³/mol. The lowest BCUT2D eigenvalue weighted by Crippen LogP contribution is -2.56. The van der Waals surface area contributed by atoms with Crippen molar-refractivity contribution in [3.63, 3.8) is 0 Å². The number of ether oxygens (including phenoxy) is 2. The van der Waals surface area contributed by atoms with E-state index in [9.17, 15) is 32.3 Å². The topological polar surface area (TPSA) is 138 Å². The van der Waals surface area contributed by atoms with E-state index < -0.39 is 35.5 Å². The summed E-state index contributed by atoms with van der Waals surface area (Å²) in [6.45, 7) is 4.96. The number of urea groups is 1. The third-order valence-corrected chi connectivity index (χ3v) is 12.4. The maximum atomic E-state index is 14.2. The Kier molecular flexibility index (Phi) is 14.7. The summed E-state index contributed by atoms with van der Waals surface area (Å²) >= 11 is 6.15. The Hall–Kier alpha value is -4.24. The van der Waals surface area contributed by atoms with Crippen LogP contribution in [-0.4, -0.2) is 114 Å². The second-order valence-corrected chi connectivity index (χ2v) is 16.3. The molecule has 3 saturated heterocycles. The van der Waals surface area contributed by atoms with Gasteiger partial charge in [-0.1, -0.05) is 62.4 Å². The Morgan fingerprint density at radius 2 is 1.62 bits per heavy atom. The van der Waals surface area contributed by atoms with Crippen LogP contribution in [-0.2, 0) is 38.1 Å². The molecule has 0 spiro atoms. The SMILES string of the molecule is CCCCCCOC(=O)[C@@H]1CCCCN1C1CCN(C(=O)C(Cc2cc(Cl)c(N)c(C(F)(F)F)c2)OC(=O)N2CCC(N3CCc4ccccc4NC3=O)CC2)CC1. The van der Waals surface area contributed by atoms with Crippen molar-refractivity contribution >= 4 is 47.0 Å². The van der Waals surface area contributed by atoms with Gasteiger partial charge in [-0.05, 0) is 87.2 Å². The minimum absolute atomic E-state index is 0.0370. The molecule has 58 heavy (non-hydrogen) atoms. The van der Waals surface area contributed by atoms with Crippen molar-refractivity contribution in [2.75, 3.05) is 56.9 Å². The van der Waals surface area contributed by atoms with E-state index in [4.69, 9.17) is 26.8 Å². The molecule has 2 atom stereocenters. The number of hydrogen-bond donors (Lipinski definition) is 2. The number of unbranched alkanes of at least 4 members (excludes halogenated alkanes) is 3. The molecule has 4 heterocycles. The van der Waals surface area contributed by atoms with Crippen molar-refractivity contribution in [2.24, 2.45) is 0 Å². The number of nitrogens with two attached hydrogens (primary N) is 1. The van der Waals surface area contributed by atoms with Gasteiger partial charge in [0.05, 0.1) is 22.9 Å². The molecule has 6 rings (SSSR count). The second kappa shape index (κ2) is 19.7. The fourth-order valence-corrected chi connectivity index (χ4v) is 9.02. The number of nitrogens with one attached hydrogen (secondary N) is 1. The second-order valence-electron chi connectivity index (χ2n) is 15.9. The molecule has 4 amide bonds. The maximum absolute atomic E-state index is 14.2. The molecule has 0 radical (unpaired) electrons. The van der Waals surface area contributed by atoms with Crippen LogP contribution in [0.3, 0.4) is 0 Å². The van der Waals surface area contributed by atoms with Crippen molar-refractivity contribution in [2.45, 2.75) is 121 Å².